The minimum atomic E-state index is 0.266. The third-order valence-corrected chi connectivity index (χ3v) is 3.87. The molecule has 2 nitrogen and oxygen atoms in total. The quantitative estimate of drug-likeness (QED) is 0.848. The molecule has 1 aromatic rings. The fourth-order valence-electron chi connectivity index (χ4n) is 2.06. The van der Waals surface area contributed by atoms with Crippen LogP contribution in [0.1, 0.15) is 36.8 Å². The van der Waals surface area contributed by atoms with E-state index in [4.69, 9.17) is 4.74 Å². The van der Waals surface area contributed by atoms with Gasteiger partial charge in [0.2, 0.25) is 0 Å². The Labute approximate surface area is 101 Å². The van der Waals surface area contributed by atoms with E-state index >= 15 is 0 Å². The number of ether oxygens (including phenoxy) is 1. The Bertz CT molecular complexity index is 370. The van der Waals surface area contributed by atoms with E-state index in [0.29, 0.717) is 0 Å². The van der Waals surface area contributed by atoms with Crippen LogP contribution in [0.3, 0.4) is 0 Å². The van der Waals surface area contributed by atoms with Crippen LogP contribution in [0.4, 0.5) is 0 Å². The van der Waals surface area contributed by atoms with Gasteiger partial charge in [0.25, 0.3) is 0 Å². The number of aryl methyl sites for hydroxylation is 1. The molecule has 0 amide bonds. The van der Waals surface area contributed by atoms with E-state index < -0.39 is 0 Å². The van der Waals surface area contributed by atoms with Gasteiger partial charge in [-0.2, -0.15) is 0 Å². The normalized spacial score (nSPS) is 17.0. The molecule has 3 heteroatoms. The summed E-state index contributed by atoms with van der Waals surface area (Å²) in [5.41, 5.74) is 1.44. The Morgan fingerprint density at radius 2 is 2.38 bits per heavy atom. The van der Waals surface area contributed by atoms with E-state index in [2.05, 4.69) is 36.7 Å². The first kappa shape index (κ1) is 11.7. The first-order valence-electron chi connectivity index (χ1n) is 5.99. The Morgan fingerprint density at radius 1 is 1.50 bits per heavy atom. The van der Waals surface area contributed by atoms with Crippen LogP contribution in [0.5, 0.6) is 0 Å². The molecule has 1 aliphatic rings. The number of thiophene rings is 1. The van der Waals surface area contributed by atoms with E-state index in [1.807, 2.05) is 11.3 Å². The van der Waals surface area contributed by atoms with Gasteiger partial charge in [0, 0.05) is 11.3 Å². The molecule has 1 aromatic heterocycles. The zero-order valence-electron chi connectivity index (χ0n) is 9.95. The lowest BCUT2D eigenvalue weighted by Crippen LogP contribution is -2.23. The maximum absolute atomic E-state index is 5.70. The molecule has 0 radical (unpaired) electrons. The van der Waals surface area contributed by atoms with E-state index in [0.717, 1.165) is 31.8 Å². The second-order valence-electron chi connectivity index (χ2n) is 3.90. The van der Waals surface area contributed by atoms with Crippen LogP contribution in [0.15, 0.2) is 23.3 Å². The minimum absolute atomic E-state index is 0.266. The van der Waals surface area contributed by atoms with Crippen molar-refractivity contribution in [1.82, 2.24) is 5.32 Å². The standard InChI is InChI=1S/C13H19NOS/c1-3-10-7-9-16-13(10)12(14-4-2)11-6-5-8-15-11/h6-7,9,12,14H,3-5,8H2,1-2H3. The topological polar surface area (TPSA) is 21.3 Å². The van der Waals surface area contributed by atoms with E-state index in [1.54, 1.807) is 0 Å². The van der Waals surface area contributed by atoms with Gasteiger partial charge in [-0.3, -0.25) is 0 Å². The third-order valence-electron chi connectivity index (χ3n) is 2.85. The van der Waals surface area contributed by atoms with Crippen molar-refractivity contribution < 1.29 is 4.74 Å². The van der Waals surface area contributed by atoms with Crippen molar-refractivity contribution in [3.05, 3.63) is 33.7 Å². The highest BCUT2D eigenvalue weighted by atomic mass is 32.1. The molecule has 0 fully saturated rings. The lowest BCUT2D eigenvalue weighted by atomic mass is 10.1. The summed E-state index contributed by atoms with van der Waals surface area (Å²) in [6.45, 7) is 6.15. The highest BCUT2D eigenvalue weighted by Crippen LogP contribution is 2.32. The average molecular weight is 237 g/mol. The zero-order valence-corrected chi connectivity index (χ0v) is 10.8. The van der Waals surface area contributed by atoms with Gasteiger partial charge < -0.3 is 10.1 Å². The molecule has 0 aliphatic carbocycles. The Morgan fingerprint density at radius 3 is 3.00 bits per heavy atom. The highest BCUT2D eigenvalue weighted by Gasteiger charge is 2.22. The second-order valence-corrected chi connectivity index (χ2v) is 4.85. The molecule has 0 aromatic carbocycles. The number of rotatable bonds is 5. The molecule has 0 saturated carbocycles. The van der Waals surface area contributed by atoms with Crippen molar-refractivity contribution in [3.8, 4) is 0 Å². The van der Waals surface area contributed by atoms with Crippen molar-refractivity contribution in [1.29, 1.82) is 0 Å². The van der Waals surface area contributed by atoms with Crippen LogP contribution in [-0.4, -0.2) is 13.2 Å². The molecular formula is C13H19NOS. The van der Waals surface area contributed by atoms with Crippen molar-refractivity contribution in [3.63, 3.8) is 0 Å². The van der Waals surface area contributed by atoms with Gasteiger partial charge in [0.15, 0.2) is 0 Å². The average Bonchev–Trinajstić information content (AvgIpc) is 2.96. The van der Waals surface area contributed by atoms with E-state index in [-0.39, 0.29) is 6.04 Å². The second kappa shape index (κ2) is 5.51. The number of likely N-dealkylation sites (N-methyl/N-ethyl adjacent to an activating group) is 1. The SMILES string of the molecule is CCNC(C1=CCCO1)c1sccc1CC. The molecule has 1 atom stereocenters. The van der Waals surface area contributed by atoms with Crippen LogP contribution in [0.25, 0.3) is 0 Å². The first-order valence-corrected chi connectivity index (χ1v) is 6.87. The summed E-state index contributed by atoms with van der Waals surface area (Å²) in [4.78, 5) is 1.41. The van der Waals surface area contributed by atoms with Gasteiger partial charge in [0.1, 0.15) is 5.76 Å². The van der Waals surface area contributed by atoms with Gasteiger partial charge >= 0.3 is 0 Å². The van der Waals surface area contributed by atoms with E-state index in [1.165, 1.54) is 10.4 Å². The summed E-state index contributed by atoms with van der Waals surface area (Å²) in [6, 6.07) is 2.49. The summed E-state index contributed by atoms with van der Waals surface area (Å²) in [5.74, 6) is 1.11. The molecule has 16 heavy (non-hydrogen) atoms. The molecule has 0 spiro atoms. The summed E-state index contributed by atoms with van der Waals surface area (Å²) in [6.07, 6.45) is 4.35. The molecule has 2 rings (SSSR count). The Balaban J connectivity index is 2.24. The van der Waals surface area contributed by atoms with Crippen LogP contribution in [0.2, 0.25) is 0 Å². The predicted octanol–water partition coefficient (Wildman–Crippen LogP) is 3.27. The monoisotopic (exact) mass is 237 g/mol. The summed E-state index contributed by atoms with van der Waals surface area (Å²) in [5, 5.41) is 5.69. The predicted molar refractivity (Wildman–Crippen MR) is 68.8 cm³/mol. The van der Waals surface area contributed by atoms with Crippen LogP contribution in [-0.2, 0) is 11.2 Å². The molecule has 1 aliphatic heterocycles. The number of hydrogen-bond acceptors (Lipinski definition) is 3. The first-order chi connectivity index (χ1) is 7.86. The van der Waals surface area contributed by atoms with Gasteiger partial charge in [0.05, 0.1) is 12.6 Å². The van der Waals surface area contributed by atoms with Crippen molar-refractivity contribution in [2.24, 2.45) is 0 Å². The van der Waals surface area contributed by atoms with Crippen LogP contribution in [0, 0.1) is 0 Å². The Hall–Kier alpha value is -0.800. The van der Waals surface area contributed by atoms with E-state index in [9.17, 15) is 0 Å². The van der Waals surface area contributed by atoms with Crippen LogP contribution < -0.4 is 5.32 Å². The summed E-state index contributed by atoms with van der Waals surface area (Å²) < 4.78 is 5.70. The van der Waals surface area contributed by atoms with Crippen molar-refractivity contribution >= 4 is 11.3 Å². The van der Waals surface area contributed by atoms with Crippen molar-refractivity contribution in [2.45, 2.75) is 32.7 Å². The zero-order chi connectivity index (χ0) is 11.4. The fourth-order valence-corrected chi connectivity index (χ4v) is 3.14. The molecule has 2 heterocycles. The molecular weight excluding hydrogens is 218 g/mol. The summed E-state index contributed by atoms with van der Waals surface area (Å²) >= 11 is 1.83. The molecule has 1 N–H and O–H groups in total. The highest BCUT2D eigenvalue weighted by molar-refractivity contribution is 7.10. The van der Waals surface area contributed by atoms with Gasteiger partial charge in [-0.15, -0.1) is 11.3 Å². The third kappa shape index (κ3) is 2.30. The molecule has 0 bridgehead atoms. The largest absolute Gasteiger partial charge is 0.496 e. The maximum Gasteiger partial charge on any atom is 0.114 e. The fraction of sp³-hybridized carbons (Fsp3) is 0.538. The number of nitrogens with one attached hydrogen (secondary N) is 1. The maximum atomic E-state index is 5.70. The Kier molecular flexibility index (Phi) is 4.02. The van der Waals surface area contributed by atoms with Gasteiger partial charge in [-0.1, -0.05) is 13.8 Å². The van der Waals surface area contributed by atoms with Crippen LogP contribution >= 0.6 is 11.3 Å². The molecule has 0 saturated heterocycles. The van der Waals surface area contributed by atoms with Crippen molar-refractivity contribution in [2.75, 3.05) is 13.2 Å². The lowest BCUT2D eigenvalue weighted by Gasteiger charge is -2.19. The summed E-state index contributed by atoms with van der Waals surface area (Å²) in [7, 11) is 0. The lowest BCUT2D eigenvalue weighted by molar-refractivity contribution is 0.216. The smallest absolute Gasteiger partial charge is 0.114 e. The molecule has 88 valence electrons. The number of hydrogen-bond donors (Lipinski definition) is 1. The van der Waals surface area contributed by atoms with Gasteiger partial charge in [-0.25, -0.2) is 0 Å². The molecule has 1 unspecified atom stereocenters. The van der Waals surface area contributed by atoms with Gasteiger partial charge in [-0.05, 0) is 36.1 Å². The minimum Gasteiger partial charge on any atom is -0.496 e.